The van der Waals surface area contributed by atoms with Crippen molar-refractivity contribution in [3.8, 4) is 0 Å². The summed E-state index contributed by atoms with van der Waals surface area (Å²) in [5.74, 6) is 0.223. The number of carbonyl (C=O) groups is 1. The molecule has 0 saturated heterocycles. The monoisotopic (exact) mass is 191 g/mol. The molecule has 0 atom stereocenters. The highest BCUT2D eigenvalue weighted by atomic mass is 16.1. The zero-order valence-electron chi connectivity index (χ0n) is 9.05. The summed E-state index contributed by atoms with van der Waals surface area (Å²) in [6.45, 7) is 6.51. The Morgan fingerprint density at radius 2 is 2.00 bits per heavy atom. The van der Waals surface area contributed by atoms with E-state index in [0.717, 1.165) is 12.2 Å². The Balaban J connectivity index is 2.51. The predicted molar refractivity (Wildman–Crippen MR) is 59.7 cm³/mol. The summed E-state index contributed by atoms with van der Waals surface area (Å²) in [6.07, 6.45) is 0.590. The van der Waals surface area contributed by atoms with Crippen molar-refractivity contribution < 1.29 is 4.79 Å². The van der Waals surface area contributed by atoms with Gasteiger partial charge in [-0.2, -0.15) is 0 Å². The Kier molecular flexibility index (Phi) is 3.69. The SMILES string of the molecule is CC(=O)CCNc1ccc(C)c(C)c1. The second-order valence-electron chi connectivity index (χ2n) is 3.68. The number of nitrogens with one attached hydrogen (secondary N) is 1. The first-order valence-corrected chi connectivity index (χ1v) is 4.90. The number of Topliss-reactive ketones (excluding diaryl/α,β-unsaturated/α-hetero) is 1. The molecule has 1 N–H and O–H groups in total. The summed E-state index contributed by atoms with van der Waals surface area (Å²) in [7, 11) is 0. The summed E-state index contributed by atoms with van der Waals surface area (Å²) in [5.41, 5.74) is 3.66. The lowest BCUT2D eigenvalue weighted by Gasteiger charge is -2.07. The van der Waals surface area contributed by atoms with Crippen LogP contribution in [0.5, 0.6) is 0 Å². The summed E-state index contributed by atoms with van der Waals surface area (Å²) < 4.78 is 0. The Hall–Kier alpha value is -1.31. The van der Waals surface area contributed by atoms with E-state index in [1.54, 1.807) is 6.92 Å². The standard InChI is InChI=1S/C12H17NO/c1-9-4-5-12(8-10(9)2)13-7-6-11(3)14/h4-5,8,13H,6-7H2,1-3H3. The molecule has 2 heteroatoms. The molecule has 0 radical (unpaired) electrons. The minimum absolute atomic E-state index is 0.223. The van der Waals surface area contributed by atoms with E-state index in [9.17, 15) is 4.79 Å². The molecule has 0 unspecified atom stereocenters. The molecule has 0 heterocycles. The van der Waals surface area contributed by atoms with E-state index in [4.69, 9.17) is 0 Å². The van der Waals surface area contributed by atoms with Crippen LogP contribution in [0.15, 0.2) is 18.2 Å². The fourth-order valence-corrected chi connectivity index (χ4v) is 1.23. The van der Waals surface area contributed by atoms with Gasteiger partial charge >= 0.3 is 0 Å². The van der Waals surface area contributed by atoms with Crippen LogP contribution >= 0.6 is 0 Å². The second-order valence-corrected chi connectivity index (χ2v) is 3.68. The van der Waals surface area contributed by atoms with Crippen LogP contribution in [0.3, 0.4) is 0 Å². The third-order valence-corrected chi connectivity index (χ3v) is 2.31. The van der Waals surface area contributed by atoms with E-state index in [1.165, 1.54) is 11.1 Å². The topological polar surface area (TPSA) is 29.1 Å². The predicted octanol–water partition coefficient (Wildman–Crippen LogP) is 2.69. The molecule has 2 nitrogen and oxygen atoms in total. The molecule has 0 spiro atoms. The smallest absolute Gasteiger partial charge is 0.131 e. The van der Waals surface area contributed by atoms with E-state index >= 15 is 0 Å². The van der Waals surface area contributed by atoms with Gasteiger partial charge < -0.3 is 5.32 Å². The van der Waals surface area contributed by atoms with Crippen LogP contribution in [0.4, 0.5) is 5.69 Å². The van der Waals surface area contributed by atoms with Gasteiger partial charge in [0.05, 0.1) is 0 Å². The number of carbonyl (C=O) groups excluding carboxylic acids is 1. The van der Waals surface area contributed by atoms with Gasteiger partial charge in [-0.1, -0.05) is 6.07 Å². The highest BCUT2D eigenvalue weighted by Crippen LogP contribution is 2.13. The minimum atomic E-state index is 0.223. The molecule has 0 aliphatic heterocycles. The summed E-state index contributed by atoms with van der Waals surface area (Å²) >= 11 is 0. The van der Waals surface area contributed by atoms with Crippen molar-refractivity contribution in [1.82, 2.24) is 0 Å². The van der Waals surface area contributed by atoms with Crippen LogP contribution in [0, 0.1) is 13.8 Å². The fraction of sp³-hybridized carbons (Fsp3) is 0.417. The lowest BCUT2D eigenvalue weighted by molar-refractivity contribution is -0.116. The molecule has 0 bridgehead atoms. The van der Waals surface area contributed by atoms with Gasteiger partial charge in [0.25, 0.3) is 0 Å². The van der Waals surface area contributed by atoms with E-state index < -0.39 is 0 Å². The average Bonchev–Trinajstić information content (AvgIpc) is 2.10. The number of benzene rings is 1. The first kappa shape index (κ1) is 10.8. The normalized spacial score (nSPS) is 9.93. The summed E-state index contributed by atoms with van der Waals surface area (Å²) in [5, 5.41) is 3.22. The first-order chi connectivity index (χ1) is 6.59. The van der Waals surface area contributed by atoms with E-state index in [-0.39, 0.29) is 5.78 Å². The number of ketones is 1. The Morgan fingerprint density at radius 1 is 1.29 bits per heavy atom. The lowest BCUT2D eigenvalue weighted by atomic mass is 10.1. The van der Waals surface area contributed by atoms with Crippen LogP contribution in [-0.2, 0) is 4.79 Å². The molecule has 76 valence electrons. The van der Waals surface area contributed by atoms with Crippen molar-refractivity contribution in [2.45, 2.75) is 27.2 Å². The number of aryl methyl sites for hydroxylation is 2. The molecule has 0 amide bonds. The van der Waals surface area contributed by atoms with E-state index in [2.05, 4.69) is 31.3 Å². The molecule has 0 fully saturated rings. The number of anilines is 1. The largest absolute Gasteiger partial charge is 0.385 e. The molecule has 0 aliphatic rings. The van der Waals surface area contributed by atoms with Crippen molar-refractivity contribution in [2.75, 3.05) is 11.9 Å². The van der Waals surface area contributed by atoms with E-state index in [0.29, 0.717) is 6.42 Å². The van der Waals surface area contributed by atoms with Crippen molar-refractivity contribution >= 4 is 11.5 Å². The molecular formula is C12H17NO. The van der Waals surface area contributed by atoms with Crippen LogP contribution in [-0.4, -0.2) is 12.3 Å². The van der Waals surface area contributed by atoms with Crippen molar-refractivity contribution in [3.05, 3.63) is 29.3 Å². The zero-order chi connectivity index (χ0) is 10.6. The van der Waals surface area contributed by atoms with Gasteiger partial charge in [0.15, 0.2) is 0 Å². The van der Waals surface area contributed by atoms with Crippen LogP contribution in [0.25, 0.3) is 0 Å². The minimum Gasteiger partial charge on any atom is -0.385 e. The van der Waals surface area contributed by atoms with Gasteiger partial charge in [-0.05, 0) is 44.0 Å². The van der Waals surface area contributed by atoms with Gasteiger partial charge in [-0.25, -0.2) is 0 Å². The van der Waals surface area contributed by atoms with Gasteiger partial charge in [0, 0.05) is 18.7 Å². The molecule has 1 rings (SSSR count). The highest BCUT2D eigenvalue weighted by Gasteiger charge is 1.96. The lowest BCUT2D eigenvalue weighted by Crippen LogP contribution is -2.05. The summed E-state index contributed by atoms with van der Waals surface area (Å²) in [6, 6.07) is 6.24. The zero-order valence-corrected chi connectivity index (χ0v) is 9.05. The van der Waals surface area contributed by atoms with Gasteiger partial charge in [-0.15, -0.1) is 0 Å². The van der Waals surface area contributed by atoms with Gasteiger partial charge in [0.2, 0.25) is 0 Å². The van der Waals surface area contributed by atoms with Crippen molar-refractivity contribution in [1.29, 1.82) is 0 Å². The molecule has 1 aromatic rings. The summed E-state index contributed by atoms with van der Waals surface area (Å²) in [4.78, 5) is 10.7. The molecular weight excluding hydrogens is 174 g/mol. The molecule has 1 aromatic carbocycles. The Bertz CT molecular complexity index is 331. The maximum absolute atomic E-state index is 10.7. The number of hydrogen-bond donors (Lipinski definition) is 1. The third kappa shape index (κ3) is 3.21. The second kappa shape index (κ2) is 4.80. The maximum Gasteiger partial charge on any atom is 0.131 e. The van der Waals surface area contributed by atoms with Crippen LogP contribution < -0.4 is 5.32 Å². The molecule has 0 aliphatic carbocycles. The van der Waals surface area contributed by atoms with Crippen LogP contribution in [0.1, 0.15) is 24.5 Å². The molecule has 14 heavy (non-hydrogen) atoms. The quantitative estimate of drug-likeness (QED) is 0.792. The average molecular weight is 191 g/mol. The van der Waals surface area contributed by atoms with Crippen LogP contribution in [0.2, 0.25) is 0 Å². The van der Waals surface area contributed by atoms with Gasteiger partial charge in [-0.3, -0.25) is 4.79 Å². The number of rotatable bonds is 4. The van der Waals surface area contributed by atoms with Crippen molar-refractivity contribution in [2.24, 2.45) is 0 Å². The maximum atomic E-state index is 10.7. The van der Waals surface area contributed by atoms with E-state index in [1.807, 2.05) is 6.07 Å². The van der Waals surface area contributed by atoms with Gasteiger partial charge in [0.1, 0.15) is 5.78 Å². The number of hydrogen-bond acceptors (Lipinski definition) is 2. The molecule has 0 aromatic heterocycles. The molecule has 0 saturated carbocycles. The fourth-order valence-electron chi connectivity index (χ4n) is 1.23. The third-order valence-electron chi connectivity index (χ3n) is 2.31. The highest BCUT2D eigenvalue weighted by molar-refractivity contribution is 5.76. The Labute approximate surface area is 85.3 Å². The Morgan fingerprint density at radius 3 is 2.57 bits per heavy atom. The first-order valence-electron chi connectivity index (χ1n) is 4.90. The van der Waals surface area contributed by atoms with Crippen molar-refractivity contribution in [3.63, 3.8) is 0 Å².